The molecule has 1 amide bonds. The van der Waals surface area contributed by atoms with E-state index in [0.717, 1.165) is 5.56 Å². The predicted molar refractivity (Wildman–Crippen MR) is 101 cm³/mol. The van der Waals surface area contributed by atoms with Gasteiger partial charge in [0, 0.05) is 18.9 Å². The molecule has 1 aliphatic heterocycles. The van der Waals surface area contributed by atoms with Gasteiger partial charge in [-0.25, -0.2) is 14.2 Å². The van der Waals surface area contributed by atoms with E-state index in [4.69, 9.17) is 9.47 Å². The number of amides is 1. The van der Waals surface area contributed by atoms with Crippen molar-refractivity contribution in [2.45, 2.75) is 26.3 Å². The number of halogens is 1. The Morgan fingerprint density at radius 1 is 1.18 bits per heavy atom. The molecule has 1 heterocycles. The summed E-state index contributed by atoms with van der Waals surface area (Å²) in [5.74, 6) is -0.526. The van der Waals surface area contributed by atoms with Crippen LogP contribution in [0.15, 0.2) is 53.6 Å². The lowest BCUT2D eigenvalue weighted by Gasteiger charge is -2.20. The molecule has 3 rings (SSSR count). The van der Waals surface area contributed by atoms with Crippen LogP contribution in [0.25, 0.3) is 0 Å². The van der Waals surface area contributed by atoms with Crippen LogP contribution in [0.2, 0.25) is 0 Å². The molecule has 0 N–H and O–H groups in total. The van der Waals surface area contributed by atoms with Gasteiger partial charge in [0.05, 0.1) is 18.4 Å². The number of carbonyl (C=O) groups excluding carboxylic acids is 2. The van der Waals surface area contributed by atoms with Crippen LogP contribution in [0.4, 0.5) is 4.39 Å². The highest BCUT2D eigenvalue weighted by Crippen LogP contribution is 2.35. The lowest BCUT2D eigenvalue weighted by molar-refractivity contribution is -0.145. The Morgan fingerprint density at radius 3 is 2.57 bits per heavy atom. The second kappa shape index (κ2) is 8.65. The summed E-state index contributed by atoms with van der Waals surface area (Å²) in [6.45, 7) is 3.23. The van der Waals surface area contributed by atoms with Crippen LogP contribution in [-0.2, 0) is 14.3 Å². The summed E-state index contributed by atoms with van der Waals surface area (Å²) < 4.78 is 23.8. The number of hydrogen-bond donors (Lipinski definition) is 0. The molecule has 1 atom stereocenters. The van der Waals surface area contributed by atoms with Gasteiger partial charge in [-0.15, -0.1) is 0 Å². The highest BCUT2D eigenvalue weighted by Gasteiger charge is 2.32. The molecule has 146 valence electrons. The molecule has 0 bridgehead atoms. The Morgan fingerprint density at radius 2 is 1.89 bits per heavy atom. The fourth-order valence-electron chi connectivity index (χ4n) is 3.08. The topological polar surface area (TPSA) is 68.2 Å². The molecule has 7 heteroatoms. The third kappa shape index (κ3) is 4.36. The van der Waals surface area contributed by atoms with Crippen LogP contribution in [0.3, 0.4) is 0 Å². The minimum atomic E-state index is -0.458. The van der Waals surface area contributed by atoms with Crippen molar-refractivity contribution in [3.63, 3.8) is 0 Å². The van der Waals surface area contributed by atoms with Crippen LogP contribution < -0.4 is 4.74 Å². The van der Waals surface area contributed by atoms with Gasteiger partial charge in [-0.05, 0) is 36.8 Å². The third-order valence-electron chi connectivity index (χ3n) is 4.34. The number of hydrazone groups is 1. The SMILES string of the molecule is CCOC(=O)COc1ccccc1C1=NN(C(C)=O)C(c2ccc(F)cc2)C1. The first-order chi connectivity index (χ1) is 13.5. The molecule has 6 nitrogen and oxygen atoms in total. The molecule has 0 saturated carbocycles. The Balaban J connectivity index is 1.85. The molecule has 0 aliphatic carbocycles. The molecule has 2 aromatic carbocycles. The Kier molecular flexibility index (Phi) is 6.03. The fourth-order valence-corrected chi connectivity index (χ4v) is 3.08. The summed E-state index contributed by atoms with van der Waals surface area (Å²) in [5, 5.41) is 5.87. The number of para-hydroxylation sites is 1. The van der Waals surface area contributed by atoms with Crippen molar-refractivity contribution in [2.24, 2.45) is 5.10 Å². The first-order valence-electron chi connectivity index (χ1n) is 9.00. The molecule has 0 spiro atoms. The van der Waals surface area contributed by atoms with E-state index >= 15 is 0 Å². The minimum absolute atomic E-state index is 0.212. The molecule has 0 aromatic heterocycles. The van der Waals surface area contributed by atoms with E-state index in [-0.39, 0.29) is 31.0 Å². The number of benzene rings is 2. The van der Waals surface area contributed by atoms with Crippen molar-refractivity contribution in [3.8, 4) is 5.75 Å². The summed E-state index contributed by atoms with van der Waals surface area (Å²) >= 11 is 0. The lowest BCUT2D eigenvalue weighted by Crippen LogP contribution is -2.24. The number of esters is 1. The molecule has 1 aliphatic rings. The second-order valence-electron chi connectivity index (χ2n) is 6.27. The van der Waals surface area contributed by atoms with E-state index in [1.165, 1.54) is 24.1 Å². The van der Waals surface area contributed by atoms with Crippen LogP contribution >= 0.6 is 0 Å². The van der Waals surface area contributed by atoms with Gasteiger partial charge in [0.2, 0.25) is 5.91 Å². The van der Waals surface area contributed by atoms with Gasteiger partial charge in [-0.2, -0.15) is 5.10 Å². The zero-order chi connectivity index (χ0) is 20.1. The summed E-state index contributed by atoms with van der Waals surface area (Å²) in [6, 6.07) is 12.9. The van der Waals surface area contributed by atoms with E-state index < -0.39 is 5.97 Å². The van der Waals surface area contributed by atoms with Crippen LogP contribution in [0.5, 0.6) is 5.75 Å². The van der Waals surface area contributed by atoms with Crippen molar-refractivity contribution in [3.05, 3.63) is 65.5 Å². The normalized spacial score (nSPS) is 15.9. The smallest absolute Gasteiger partial charge is 0.344 e. The van der Waals surface area contributed by atoms with Gasteiger partial charge in [0.15, 0.2) is 6.61 Å². The quantitative estimate of drug-likeness (QED) is 0.716. The molecular formula is C21H21FN2O4. The van der Waals surface area contributed by atoms with Crippen LogP contribution in [0.1, 0.15) is 37.4 Å². The zero-order valence-electron chi connectivity index (χ0n) is 15.7. The van der Waals surface area contributed by atoms with E-state index in [2.05, 4.69) is 5.10 Å². The van der Waals surface area contributed by atoms with E-state index in [1.807, 2.05) is 12.1 Å². The standard InChI is InChI=1S/C21H21FN2O4/c1-3-27-21(26)13-28-20-7-5-4-6-17(20)18-12-19(24(23-18)14(2)25)15-8-10-16(22)11-9-15/h4-11,19H,3,12-13H2,1-2H3. The highest BCUT2D eigenvalue weighted by molar-refractivity contribution is 6.05. The van der Waals surface area contributed by atoms with Gasteiger partial charge in [-0.1, -0.05) is 24.3 Å². The van der Waals surface area contributed by atoms with Crippen molar-refractivity contribution in [1.29, 1.82) is 0 Å². The summed E-state index contributed by atoms with van der Waals surface area (Å²) in [5.41, 5.74) is 2.15. The maximum atomic E-state index is 13.3. The maximum Gasteiger partial charge on any atom is 0.344 e. The van der Waals surface area contributed by atoms with E-state index in [0.29, 0.717) is 23.4 Å². The van der Waals surface area contributed by atoms with Crippen molar-refractivity contribution in [1.82, 2.24) is 5.01 Å². The molecule has 0 saturated heterocycles. The largest absolute Gasteiger partial charge is 0.481 e. The Labute approximate surface area is 162 Å². The van der Waals surface area contributed by atoms with Gasteiger partial charge >= 0.3 is 5.97 Å². The van der Waals surface area contributed by atoms with Crippen LogP contribution in [0, 0.1) is 5.82 Å². The van der Waals surface area contributed by atoms with E-state index in [9.17, 15) is 14.0 Å². The monoisotopic (exact) mass is 384 g/mol. The minimum Gasteiger partial charge on any atom is -0.481 e. The fraction of sp³-hybridized carbons (Fsp3) is 0.286. The maximum absolute atomic E-state index is 13.3. The predicted octanol–water partition coefficient (Wildman–Crippen LogP) is 3.47. The van der Waals surface area contributed by atoms with Gasteiger partial charge in [0.1, 0.15) is 11.6 Å². The number of rotatable bonds is 6. The molecule has 1 unspecified atom stereocenters. The van der Waals surface area contributed by atoms with Gasteiger partial charge < -0.3 is 9.47 Å². The lowest BCUT2D eigenvalue weighted by atomic mass is 9.98. The zero-order valence-corrected chi connectivity index (χ0v) is 15.7. The average Bonchev–Trinajstić information content (AvgIpc) is 3.13. The second-order valence-corrected chi connectivity index (χ2v) is 6.27. The van der Waals surface area contributed by atoms with Gasteiger partial charge in [-0.3, -0.25) is 4.79 Å². The summed E-state index contributed by atoms with van der Waals surface area (Å²) in [7, 11) is 0. The number of nitrogens with zero attached hydrogens (tertiary/aromatic N) is 2. The van der Waals surface area contributed by atoms with Gasteiger partial charge in [0.25, 0.3) is 0 Å². The number of ether oxygens (including phenoxy) is 2. The Bertz CT molecular complexity index is 896. The van der Waals surface area contributed by atoms with Crippen molar-refractivity contribution < 1.29 is 23.5 Å². The summed E-state index contributed by atoms with van der Waals surface area (Å²) in [4.78, 5) is 23.7. The Hall–Kier alpha value is -3.22. The molecule has 0 radical (unpaired) electrons. The molecular weight excluding hydrogens is 363 g/mol. The first-order valence-corrected chi connectivity index (χ1v) is 9.00. The van der Waals surface area contributed by atoms with Crippen molar-refractivity contribution in [2.75, 3.05) is 13.2 Å². The number of carbonyl (C=O) groups is 2. The molecule has 0 fully saturated rings. The first kappa shape index (κ1) is 19.5. The summed E-state index contributed by atoms with van der Waals surface area (Å²) in [6.07, 6.45) is 0.449. The average molecular weight is 384 g/mol. The molecule has 2 aromatic rings. The van der Waals surface area contributed by atoms with E-state index in [1.54, 1.807) is 31.2 Å². The van der Waals surface area contributed by atoms with Crippen molar-refractivity contribution >= 4 is 17.6 Å². The number of hydrogen-bond acceptors (Lipinski definition) is 5. The molecule has 28 heavy (non-hydrogen) atoms. The highest BCUT2D eigenvalue weighted by atomic mass is 19.1. The van der Waals surface area contributed by atoms with Crippen LogP contribution in [-0.4, -0.2) is 35.8 Å². The third-order valence-corrected chi connectivity index (χ3v) is 4.34.